The fourth-order valence-corrected chi connectivity index (χ4v) is 5.09. The first-order valence-corrected chi connectivity index (χ1v) is 8.73. The van der Waals surface area contributed by atoms with E-state index in [1.165, 1.54) is 7.11 Å². The van der Waals surface area contributed by atoms with Gasteiger partial charge < -0.3 is 10.5 Å². The van der Waals surface area contributed by atoms with Crippen LogP contribution < -0.4 is 10.5 Å². The summed E-state index contributed by atoms with van der Waals surface area (Å²) in [5.41, 5.74) is 7.46. The Bertz CT molecular complexity index is 614. The van der Waals surface area contributed by atoms with Gasteiger partial charge >= 0.3 is 0 Å². The number of aryl methyl sites for hydroxylation is 2. The first-order chi connectivity index (χ1) is 9.91. The normalized spacial score (nSPS) is 20.5. The summed E-state index contributed by atoms with van der Waals surface area (Å²) in [7, 11) is -2.08. The Hall–Kier alpha value is -1.11. The van der Waals surface area contributed by atoms with Crippen molar-refractivity contribution in [2.45, 2.75) is 44.0 Å². The number of hydrogen-bond acceptors (Lipinski definition) is 4. The minimum atomic E-state index is -3.59. The molecule has 0 saturated carbocycles. The zero-order valence-corrected chi connectivity index (χ0v) is 13.7. The molecule has 21 heavy (non-hydrogen) atoms. The van der Waals surface area contributed by atoms with Crippen LogP contribution in [-0.4, -0.2) is 39.0 Å². The highest BCUT2D eigenvalue weighted by atomic mass is 32.2. The van der Waals surface area contributed by atoms with Crippen molar-refractivity contribution in [1.82, 2.24) is 4.31 Å². The van der Waals surface area contributed by atoms with E-state index in [9.17, 15) is 8.42 Å². The zero-order chi connectivity index (χ0) is 15.6. The van der Waals surface area contributed by atoms with Crippen molar-refractivity contribution in [3.05, 3.63) is 23.3 Å². The average molecular weight is 312 g/mol. The second-order valence-electron chi connectivity index (χ2n) is 5.61. The topological polar surface area (TPSA) is 72.6 Å². The van der Waals surface area contributed by atoms with Gasteiger partial charge in [-0.2, -0.15) is 4.31 Å². The number of sulfonamides is 1. The maximum atomic E-state index is 13.1. The van der Waals surface area contributed by atoms with Crippen LogP contribution in [0, 0.1) is 13.8 Å². The maximum Gasteiger partial charge on any atom is 0.247 e. The number of nitrogens with zero attached hydrogens (tertiary/aromatic N) is 1. The summed E-state index contributed by atoms with van der Waals surface area (Å²) in [6, 6.07) is 3.52. The smallest absolute Gasteiger partial charge is 0.247 e. The van der Waals surface area contributed by atoms with Gasteiger partial charge in [-0.1, -0.05) is 12.5 Å². The van der Waals surface area contributed by atoms with Crippen molar-refractivity contribution in [2.24, 2.45) is 5.73 Å². The van der Waals surface area contributed by atoms with E-state index in [0.717, 1.165) is 24.8 Å². The molecule has 0 aromatic heterocycles. The summed E-state index contributed by atoms with van der Waals surface area (Å²) in [5.74, 6) is 0.411. The summed E-state index contributed by atoms with van der Waals surface area (Å²) in [4.78, 5) is 0.274. The molecule has 0 radical (unpaired) electrons. The molecule has 1 saturated heterocycles. The molecule has 1 aromatic carbocycles. The number of benzene rings is 1. The lowest BCUT2D eigenvalue weighted by Crippen LogP contribution is -2.47. The van der Waals surface area contributed by atoms with Gasteiger partial charge in [0.1, 0.15) is 10.6 Å². The first-order valence-electron chi connectivity index (χ1n) is 7.29. The predicted molar refractivity (Wildman–Crippen MR) is 83.1 cm³/mol. The Morgan fingerprint density at radius 3 is 2.67 bits per heavy atom. The predicted octanol–water partition coefficient (Wildman–Crippen LogP) is 1.81. The maximum absolute atomic E-state index is 13.1. The third-order valence-corrected chi connectivity index (χ3v) is 6.15. The molecule has 2 N–H and O–H groups in total. The summed E-state index contributed by atoms with van der Waals surface area (Å²) in [5, 5.41) is 0. The van der Waals surface area contributed by atoms with Crippen LogP contribution in [0.4, 0.5) is 0 Å². The molecule has 0 bridgehead atoms. The Morgan fingerprint density at radius 2 is 2.05 bits per heavy atom. The van der Waals surface area contributed by atoms with Crippen molar-refractivity contribution < 1.29 is 13.2 Å². The molecule has 5 nitrogen and oxygen atoms in total. The fourth-order valence-electron chi connectivity index (χ4n) is 3.04. The second-order valence-corrected chi connectivity index (χ2v) is 7.44. The van der Waals surface area contributed by atoms with E-state index in [-0.39, 0.29) is 10.9 Å². The van der Waals surface area contributed by atoms with Gasteiger partial charge in [-0.05, 0) is 43.9 Å². The molecular formula is C15H24N2O3S. The summed E-state index contributed by atoms with van der Waals surface area (Å²) >= 11 is 0. The molecule has 1 unspecified atom stereocenters. The van der Waals surface area contributed by atoms with Gasteiger partial charge in [-0.25, -0.2) is 8.42 Å². The van der Waals surface area contributed by atoms with E-state index in [4.69, 9.17) is 10.5 Å². The molecule has 0 spiro atoms. The number of nitrogens with two attached hydrogens (primary N) is 1. The highest BCUT2D eigenvalue weighted by molar-refractivity contribution is 7.89. The number of methoxy groups -OCH3 is 1. The van der Waals surface area contributed by atoms with E-state index in [0.29, 0.717) is 24.4 Å². The fraction of sp³-hybridized carbons (Fsp3) is 0.600. The van der Waals surface area contributed by atoms with Crippen molar-refractivity contribution in [3.8, 4) is 5.75 Å². The van der Waals surface area contributed by atoms with Gasteiger partial charge in [0.05, 0.1) is 7.11 Å². The van der Waals surface area contributed by atoms with Crippen LogP contribution in [0.1, 0.15) is 30.4 Å². The van der Waals surface area contributed by atoms with E-state index in [1.807, 2.05) is 19.9 Å². The third-order valence-electron chi connectivity index (χ3n) is 4.02. The van der Waals surface area contributed by atoms with Gasteiger partial charge in [-0.15, -0.1) is 0 Å². The quantitative estimate of drug-likeness (QED) is 0.920. The van der Waals surface area contributed by atoms with Gasteiger partial charge in [0.15, 0.2) is 0 Å². The van der Waals surface area contributed by atoms with E-state index in [2.05, 4.69) is 0 Å². The molecule has 118 valence electrons. The highest BCUT2D eigenvalue weighted by Gasteiger charge is 2.35. The zero-order valence-electron chi connectivity index (χ0n) is 12.9. The lowest BCUT2D eigenvalue weighted by atomic mass is 10.1. The highest BCUT2D eigenvalue weighted by Crippen LogP contribution is 2.34. The SMILES string of the molecule is COc1cc(C)cc(C)c1S(=O)(=O)N1CCCCC1CN. The molecule has 1 aliphatic rings. The summed E-state index contributed by atoms with van der Waals surface area (Å²) in [6.45, 7) is 4.62. The standard InChI is InChI=1S/C15H24N2O3S/c1-11-8-12(2)15(14(9-11)20-3)21(18,19)17-7-5-4-6-13(17)10-16/h8-9,13H,4-7,10,16H2,1-3H3. The molecule has 0 amide bonds. The van der Waals surface area contributed by atoms with Crippen molar-refractivity contribution in [1.29, 1.82) is 0 Å². The van der Waals surface area contributed by atoms with Crippen LogP contribution in [-0.2, 0) is 10.0 Å². The van der Waals surface area contributed by atoms with Crippen LogP contribution in [0.5, 0.6) is 5.75 Å². The van der Waals surface area contributed by atoms with Crippen molar-refractivity contribution in [3.63, 3.8) is 0 Å². The molecule has 1 fully saturated rings. The lowest BCUT2D eigenvalue weighted by Gasteiger charge is -2.34. The molecular weight excluding hydrogens is 288 g/mol. The largest absolute Gasteiger partial charge is 0.495 e. The number of ether oxygens (including phenoxy) is 1. The lowest BCUT2D eigenvalue weighted by molar-refractivity contribution is 0.256. The molecule has 2 rings (SSSR count). The first kappa shape index (κ1) is 16.3. The summed E-state index contributed by atoms with van der Waals surface area (Å²) in [6.07, 6.45) is 2.73. The van der Waals surface area contributed by atoms with Gasteiger partial charge in [-0.3, -0.25) is 0 Å². The van der Waals surface area contributed by atoms with Crippen molar-refractivity contribution in [2.75, 3.05) is 20.2 Å². The third kappa shape index (κ3) is 3.07. The number of piperidine rings is 1. The molecule has 1 aromatic rings. The second kappa shape index (κ2) is 6.34. The van der Waals surface area contributed by atoms with Crippen LogP contribution in [0.2, 0.25) is 0 Å². The summed E-state index contributed by atoms with van der Waals surface area (Å²) < 4.78 is 33.0. The number of hydrogen-bond donors (Lipinski definition) is 1. The van der Waals surface area contributed by atoms with E-state index < -0.39 is 10.0 Å². The van der Waals surface area contributed by atoms with E-state index >= 15 is 0 Å². The Kier molecular flexibility index (Phi) is 4.91. The Morgan fingerprint density at radius 1 is 1.33 bits per heavy atom. The van der Waals surface area contributed by atoms with Crippen LogP contribution in [0.15, 0.2) is 17.0 Å². The molecule has 6 heteroatoms. The Labute approximate surface area is 127 Å². The van der Waals surface area contributed by atoms with Crippen LogP contribution in [0.25, 0.3) is 0 Å². The Balaban J connectivity index is 2.53. The molecule has 1 heterocycles. The monoisotopic (exact) mass is 312 g/mol. The molecule has 1 aliphatic heterocycles. The number of rotatable bonds is 4. The van der Waals surface area contributed by atoms with Crippen LogP contribution >= 0.6 is 0 Å². The minimum Gasteiger partial charge on any atom is -0.495 e. The molecule has 0 aliphatic carbocycles. The van der Waals surface area contributed by atoms with Gasteiger partial charge in [0.2, 0.25) is 10.0 Å². The minimum absolute atomic E-state index is 0.117. The van der Waals surface area contributed by atoms with Crippen molar-refractivity contribution >= 4 is 10.0 Å². The van der Waals surface area contributed by atoms with Gasteiger partial charge in [0.25, 0.3) is 0 Å². The van der Waals surface area contributed by atoms with Crippen LogP contribution in [0.3, 0.4) is 0 Å². The van der Waals surface area contributed by atoms with Gasteiger partial charge in [0, 0.05) is 19.1 Å². The van der Waals surface area contributed by atoms with E-state index in [1.54, 1.807) is 10.4 Å². The average Bonchev–Trinajstić information content (AvgIpc) is 2.45. The molecule has 1 atom stereocenters.